The largest absolute Gasteiger partial charge is 0.364 e. The minimum absolute atomic E-state index is 0. The molecule has 0 radical (unpaired) electrons. The number of amides is 1. The zero-order valence-corrected chi connectivity index (χ0v) is 12.8. The first kappa shape index (κ1) is 16.7. The first-order valence-corrected chi connectivity index (χ1v) is 6.84. The van der Waals surface area contributed by atoms with E-state index in [1.54, 1.807) is 6.92 Å². The number of halogens is 1. The predicted molar refractivity (Wildman–Crippen MR) is 81.6 cm³/mol. The molecule has 1 fully saturated rings. The Balaban J connectivity index is 0.00000200. The van der Waals surface area contributed by atoms with E-state index in [0.717, 1.165) is 31.6 Å². The summed E-state index contributed by atoms with van der Waals surface area (Å²) in [5, 5.41) is 3.26. The summed E-state index contributed by atoms with van der Waals surface area (Å²) in [4.78, 5) is 29.2. The van der Waals surface area contributed by atoms with Crippen molar-refractivity contribution < 1.29 is 4.79 Å². The first-order valence-electron chi connectivity index (χ1n) is 6.84. The molecule has 0 aromatic carbocycles. The van der Waals surface area contributed by atoms with E-state index in [-0.39, 0.29) is 35.3 Å². The third-order valence-electron chi connectivity index (χ3n) is 3.49. The van der Waals surface area contributed by atoms with Crippen molar-refractivity contribution in [2.24, 2.45) is 0 Å². The highest BCUT2D eigenvalue weighted by Gasteiger charge is 2.27. The first-order chi connectivity index (χ1) is 9.13. The van der Waals surface area contributed by atoms with Crippen LogP contribution in [0.15, 0.2) is 17.1 Å². The van der Waals surface area contributed by atoms with E-state index in [1.807, 2.05) is 11.8 Å². The van der Waals surface area contributed by atoms with Gasteiger partial charge in [-0.3, -0.25) is 9.59 Å². The van der Waals surface area contributed by atoms with Gasteiger partial charge in [0.2, 0.25) is 0 Å². The Kier molecular flexibility index (Phi) is 6.23. The summed E-state index contributed by atoms with van der Waals surface area (Å²) >= 11 is 0. The molecular formula is C14H22ClN3O2. The highest BCUT2D eigenvalue weighted by Crippen LogP contribution is 2.12. The molecule has 0 saturated carbocycles. The minimum Gasteiger partial charge on any atom is -0.364 e. The molecule has 1 saturated heterocycles. The number of carbonyl (C=O) groups excluding carboxylic acids is 1. The fourth-order valence-corrected chi connectivity index (χ4v) is 2.49. The second-order valence-electron chi connectivity index (χ2n) is 5.04. The normalized spacial score (nSPS) is 17.6. The van der Waals surface area contributed by atoms with Crippen LogP contribution in [-0.2, 0) is 0 Å². The second-order valence-corrected chi connectivity index (χ2v) is 5.04. The van der Waals surface area contributed by atoms with Crippen LogP contribution in [0, 0.1) is 6.92 Å². The zero-order chi connectivity index (χ0) is 13.8. The van der Waals surface area contributed by atoms with Crippen LogP contribution < -0.4 is 10.7 Å². The number of pyridine rings is 1. The average molecular weight is 300 g/mol. The van der Waals surface area contributed by atoms with Gasteiger partial charge in [-0.25, -0.2) is 0 Å². The molecule has 1 amide bonds. The molecule has 1 aliphatic heterocycles. The quantitative estimate of drug-likeness (QED) is 0.881. The molecular weight excluding hydrogens is 278 g/mol. The molecule has 1 atom stereocenters. The van der Waals surface area contributed by atoms with Crippen LogP contribution in [0.25, 0.3) is 0 Å². The van der Waals surface area contributed by atoms with Crippen molar-refractivity contribution in [3.05, 3.63) is 33.7 Å². The van der Waals surface area contributed by atoms with Crippen molar-refractivity contribution in [2.75, 3.05) is 19.6 Å². The molecule has 1 aromatic heterocycles. The van der Waals surface area contributed by atoms with E-state index in [1.165, 1.54) is 12.3 Å². The number of carbonyl (C=O) groups is 1. The van der Waals surface area contributed by atoms with Crippen molar-refractivity contribution in [1.82, 2.24) is 15.2 Å². The maximum Gasteiger partial charge on any atom is 0.259 e. The summed E-state index contributed by atoms with van der Waals surface area (Å²) < 4.78 is 0. The lowest BCUT2D eigenvalue weighted by atomic mass is 10.1. The van der Waals surface area contributed by atoms with Gasteiger partial charge in [-0.15, -0.1) is 12.4 Å². The maximum atomic E-state index is 12.5. The Hall–Kier alpha value is -1.33. The monoisotopic (exact) mass is 299 g/mol. The van der Waals surface area contributed by atoms with Crippen LogP contribution in [0.2, 0.25) is 0 Å². The number of H-pyrrole nitrogens is 1. The van der Waals surface area contributed by atoms with Crippen molar-refractivity contribution in [3.63, 3.8) is 0 Å². The molecule has 2 N–H and O–H groups in total. The zero-order valence-electron chi connectivity index (χ0n) is 11.9. The number of aromatic amines is 1. The minimum atomic E-state index is -0.201. The van der Waals surface area contributed by atoms with E-state index in [2.05, 4.69) is 10.3 Å². The number of nitrogens with zero attached hydrogens (tertiary/aromatic N) is 1. The molecule has 6 heteroatoms. The Morgan fingerprint density at radius 3 is 2.80 bits per heavy atom. The lowest BCUT2D eigenvalue weighted by Crippen LogP contribution is -2.43. The molecule has 112 valence electrons. The van der Waals surface area contributed by atoms with Crippen LogP contribution in [0.4, 0.5) is 0 Å². The third kappa shape index (κ3) is 3.61. The summed E-state index contributed by atoms with van der Waals surface area (Å²) in [7, 11) is 0. The Bertz CT molecular complexity index is 509. The molecule has 0 aliphatic carbocycles. The summed E-state index contributed by atoms with van der Waals surface area (Å²) in [6.07, 6.45) is 3.38. The Labute approximate surface area is 125 Å². The van der Waals surface area contributed by atoms with Gasteiger partial charge < -0.3 is 15.2 Å². The molecule has 20 heavy (non-hydrogen) atoms. The number of rotatable bonds is 4. The molecule has 1 aromatic rings. The standard InChI is InChI=1S/C14H21N3O2.ClH/c1-3-6-17(11-4-5-15-8-11)14(19)12-9-16-10(2)7-13(12)18;/h7,9,11,15H,3-6,8H2,1-2H3,(H,16,18);1H. The van der Waals surface area contributed by atoms with Crippen LogP contribution >= 0.6 is 12.4 Å². The third-order valence-corrected chi connectivity index (χ3v) is 3.49. The van der Waals surface area contributed by atoms with Gasteiger partial charge in [-0.05, 0) is 26.3 Å². The van der Waals surface area contributed by atoms with E-state index >= 15 is 0 Å². The lowest BCUT2D eigenvalue weighted by Gasteiger charge is -2.28. The van der Waals surface area contributed by atoms with Crippen molar-refractivity contribution in [1.29, 1.82) is 0 Å². The molecule has 2 heterocycles. The summed E-state index contributed by atoms with van der Waals surface area (Å²) in [6.45, 7) is 6.29. The molecule has 5 nitrogen and oxygen atoms in total. The smallest absolute Gasteiger partial charge is 0.259 e. The molecule has 1 aliphatic rings. The van der Waals surface area contributed by atoms with E-state index in [9.17, 15) is 9.59 Å². The second kappa shape index (κ2) is 7.45. The number of nitrogens with one attached hydrogen (secondary N) is 2. The van der Waals surface area contributed by atoms with Gasteiger partial charge in [0.1, 0.15) is 5.56 Å². The maximum absolute atomic E-state index is 12.5. The highest BCUT2D eigenvalue weighted by atomic mass is 35.5. The van der Waals surface area contributed by atoms with Crippen molar-refractivity contribution in [2.45, 2.75) is 32.7 Å². The molecule has 1 unspecified atom stereocenters. The van der Waals surface area contributed by atoms with Crippen LogP contribution in [0.3, 0.4) is 0 Å². The SMILES string of the molecule is CCCN(C(=O)c1c[nH]c(C)cc1=O)C1CCNC1.Cl. The van der Waals surface area contributed by atoms with Gasteiger partial charge in [0, 0.05) is 37.1 Å². The number of aromatic nitrogens is 1. The van der Waals surface area contributed by atoms with Gasteiger partial charge in [-0.1, -0.05) is 6.92 Å². The number of hydrogen-bond acceptors (Lipinski definition) is 3. The highest BCUT2D eigenvalue weighted by molar-refractivity contribution is 5.94. The Morgan fingerprint density at radius 2 is 2.25 bits per heavy atom. The molecule has 0 spiro atoms. The van der Waals surface area contributed by atoms with Gasteiger partial charge >= 0.3 is 0 Å². The Morgan fingerprint density at radius 1 is 1.50 bits per heavy atom. The van der Waals surface area contributed by atoms with Crippen molar-refractivity contribution in [3.8, 4) is 0 Å². The number of hydrogen-bond donors (Lipinski definition) is 2. The van der Waals surface area contributed by atoms with Crippen LogP contribution in [-0.4, -0.2) is 41.5 Å². The summed E-state index contributed by atoms with van der Waals surface area (Å²) in [6, 6.07) is 1.68. The van der Waals surface area contributed by atoms with Crippen molar-refractivity contribution >= 4 is 18.3 Å². The summed E-state index contributed by atoms with van der Waals surface area (Å²) in [5.41, 5.74) is 0.811. The topological polar surface area (TPSA) is 65.2 Å². The lowest BCUT2D eigenvalue weighted by molar-refractivity contribution is 0.0690. The fourth-order valence-electron chi connectivity index (χ4n) is 2.49. The van der Waals surface area contributed by atoms with Gasteiger partial charge in [-0.2, -0.15) is 0 Å². The summed E-state index contributed by atoms with van der Waals surface area (Å²) in [5.74, 6) is -0.156. The predicted octanol–water partition coefficient (Wildman–Crippen LogP) is 1.32. The number of aryl methyl sites for hydroxylation is 1. The molecule has 2 rings (SSSR count). The van der Waals surface area contributed by atoms with E-state index in [4.69, 9.17) is 0 Å². The van der Waals surface area contributed by atoms with E-state index in [0.29, 0.717) is 6.54 Å². The molecule has 0 bridgehead atoms. The average Bonchev–Trinajstić information content (AvgIpc) is 2.89. The fraction of sp³-hybridized carbons (Fsp3) is 0.571. The van der Waals surface area contributed by atoms with Crippen LogP contribution in [0.5, 0.6) is 0 Å². The van der Waals surface area contributed by atoms with Gasteiger partial charge in [0.25, 0.3) is 5.91 Å². The van der Waals surface area contributed by atoms with Gasteiger partial charge in [0.15, 0.2) is 5.43 Å². The van der Waals surface area contributed by atoms with E-state index < -0.39 is 0 Å². The van der Waals surface area contributed by atoms with Crippen LogP contribution in [0.1, 0.15) is 35.8 Å². The van der Waals surface area contributed by atoms with Gasteiger partial charge in [0.05, 0.1) is 0 Å².